The third-order valence-electron chi connectivity index (χ3n) is 4.15. The van der Waals surface area contributed by atoms with Gasteiger partial charge >= 0.3 is 0 Å². The van der Waals surface area contributed by atoms with Gasteiger partial charge < -0.3 is 14.9 Å². The first-order valence-electron chi connectivity index (χ1n) is 7.75. The third-order valence-corrected chi connectivity index (χ3v) is 4.15. The predicted octanol–water partition coefficient (Wildman–Crippen LogP) is 2.47. The molecule has 0 saturated heterocycles. The summed E-state index contributed by atoms with van der Waals surface area (Å²) in [7, 11) is 0. The van der Waals surface area contributed by atoms with E-state index in [0.717, 1.165) is 49.3 Å². The van der Waals surface area contributed by atoms with Gasteiger partial charge in [0, 0.05) is 43.3 Å². The molecule has 2 N–H and O–H groups in total. The largest absolute Gasteiger partial charge is 0.364 e. The van der Waals surface area contributed by atoms with Crippen molar-refractivity contribution in [2.75, 3.05) is 6.54 Å². The van der Waals surface area contributed by atoms with Crippen molar-refractivity contribution in [1.82, 2.24) is 19.9 Å². The molecule has 1 aliphatic rings. The fraction of sp³-hybridized carbons (Fsp3) is 0.500. The lowest BCUT2D eigenvalue weighted by Crippen LogP contribution is -2.31. The molecule has 2 aromatic heterocycles. The quantitative estimate of drug-likeness (QED) is 0.887. The Labute approximate surface area is 124 Å². The normalized spacial score (nSPS) is 17.5. The molecule has 1 amide bonds. The molecule has 0 aliphatic carbocycles. The molecule has 3 heterocycles. The molecule has 0 fully saturated rings. The lowest BCUT2D eigenvalue weighted by Gasteiger charge is -2.23. The Kier molecular flexibility index (Phi) is 4.08. The molecule has 1 unspecified atom stereocenters. The van der Waals surface area contributed by atoms with E-state index in [9.17, 15) is 4.79 Å². The van der Waals surface area contributed by atoms with Crippen molar-refractivity contribution in [3.63, 3.8) is 0 Å². The van der Waals surface area contributed by atoms with Gasteiger partial charge in [-0.15, -0.1) is 0 Å². The minimum Gasteiger partial charge on any atom is -0.364 e. The number of aromatic amines is 1. The van der Waals surface area contributed by atoms with Crippen LogP contribution in [-0.2, 0) is 13.0 Å². The summed E-state index contributed by atoms with van der Waals surface area (Å²) in [5.74, 6) is 1.44. The highest BCUT2D eigenvalue weighted by atomic mass is 16.1. The van der Waals surface area contributed by atoms with Gasteiger partial charge in [0.1, 0.15) is 5.82 Å². The zero-order valence-electron chi connectivity index (χ0n) is 12.4. The summed E-state index contributed by atoms with van der Waals surface area (Å²) in [6.07, 6.45) is 9.88. The van der Waals surface area contributed by atoms with E-state index in [2.05, 4.69) is 26.8 Å². The number of hydrogen-bond donors (Lipinski definition) is 2. The first kappa shape index (κ1) is 13.9. The Morgan fingerprint density at radius 1 is 1.57 bits per heavy atom. The monoisotopic (exact) mass is 286 g/mol. The fourth-order valence-corrected chi connectivity index (χ4v) is 3.08. The number of H-pyrrole nitrogens is 1. The van der Waals surface area contributed by atoms with E-state index < -0.39 is 0 Å². The minimum atomic E-state index is 0.0170. The summed E-state index contributed by atoms with van der Waals surface area (Å²) >= 11 is 0. The van der Waals surface area contributed by atoms with Crippen molar-refractivity contribution in [3.05, 3.63) is 41.7 Å². The topological polar surface area (TPSA) is 62.7 Å². The highest BCUT2D eigenvalue weighted by Gasteiger charge is 2.22. The number of fused-ring (bicyclic) bond motifs is 1. The fourth-order valence-electron chi connectivity index (χ4n) is 3.08. The number of rotatable bonds is 5. The minimum absolute atomic E-state index is 0.0170. The maximum absolute atomic E-state index is 12.3. The third kappa shape index (κ3) is 2.86. The van der Waals surface area contributed by atoms with Gasteiger partial charge in [-0.3, -0.25) is 4.79 Å². The van der Waals surface area contributed by atoms with Crippen LogP contribution in [-0.4, -0.2) is 27.0 Å². The molecule has 5 heteroatoms. The molecule has 3 rings (SSSR count). The number of aryl methyl sites for hydroxylation is 2. The van der Waals surface area contributed by atoms with Crippen LogP contribution in [0.1, 0.15) is 54.0 Å². The van der Waals surface area contributed by atoms with Crippen molar-refractivity contribution in [2.45, 2.75) is 45.1 Å². The molecule has 0 aromatic carbocycles. The maximum Gasteiger partial charge on any atom is 0.253 e. The first-order valence-corrected chi connectivity index (χ1v) is 7.75. The molecule has 0 saturated carbocycles. The van der Waals surface area contributed by atoms with Gasteiger partial charge in [-0.05, 0) is 25.3 Å². The van der Waals surface area contributed by atoms with Crippen LogP contribution in [0.3, 0.4) is 0 Å². The molecule has 0 spiro atoms. The second-order valence-corrected chi connectivity index (χ2v) is 5.65. The van der Waals surface area contributed by atoms with E-state index in [0.29, 0.717) is 12.5 Å². The predicted molar refractivity (Wildman–Crippen MR) is 81.3 cm³/mol. The summed E-state index contributed by atoms with van der Waals surface area (Å²) in [6.45, 7) is 3.81. The molecule has 1 aliphatic heterocycles. The number of carbonyl (C=O) groups excluding carboxylic acids is 1. The number of amides is 1. The van der Waals surface area contributed by atoms with E-state index in [1.807, 2.05) is 24.7 Å². The Morgan fingerprint density at radius 2 is 2.48 bits per heavy atom. The number of nitrogens with one attached hydrogen (secondary N) is 2. The van der Waals surface area contributed by atoms with Gasteiger partial charge in [0.15, 0.2) is 0 Å². The number of nitrogens with zero attached hydrogens (tertiary/aromatic N) is 2. The average Bonchev–Trinajstić information content (AvgIpc) is 3.13. The van der Waals surface area contributed by atoms with E-state index in [1.54, 1.807) is 0 Å². The van der Waals surface area contributed by atoms with E-state index in [4.69, 9.17) is 0 Å². The Morgan fingerprint density at radius 3 is 3.33 bits per heavy atom. The standard InChI is InChI=1S/C16H22N4O/c1-2-4-14-13(6-7-17-14)16(21)19-11-12-5-3-9-20-10-8-18-15(12)20/h6-8,10,12,17H,2-5,9,11H2,1H3,(H,19,21). The van der Waals surface area contributed by atoms with Gasteiger partial charge in [-0.25, -0.2) is 4.98 Å². The second kappa shape index (κ2) is 6.16. The molecule has 112 valence electrons. The van der Waals surface area contributed by atoms with Crippen molar-refractivity contribution < 1.29 is 4.79 Å². The van der Waals surface area contributed by atoms with Crippen LogP contribution in [0.2, 0.25) is 0 Å². The number of carbonyl (C=O) groups is 1. The SMILES string of the molecule is CCCc1[nH]ccc1C(=O)NCC1CCCn2ccnc21. The van der Waals surface area contributed by atoms with Crippen LogP contribution in [0, 0.1) is 0 Å². The lowest BCUT2D eigenvalue weighted by molar-refractivity contribution is 0.0948. The molecular formula is C16H22N4O. The molecule has 21 heavy (non-hydrogen) atoms. The molecule has 0 bridgehead atoms. The lowest BCUT2D eigenvalue weighted by atomic mass is 9.99. The smallest absolute Gasteiger partial charge is 0.253 e. The second-order valence-electron chi connectivity index (χ2n) is 5.65. The van der Waals surface area contributed by atoms with Crippen LogP contribution in [0.5, 0.6) is 0 Å². The van der Waals surface area contributed by atoms with Crippen LogP contribution in [0.4, 0.5) is 0 Å². The zero-order valence-corrected chi connectivity index (χ0v) is 12.4. The van der Waals surface area contributed by atoms with Crippen molar-refractivity contribution >= 4 is 5.91 Å². The molecule has 2 aromatic rings. The van der Waals surface area contributed by atoms with Gasteiger partial charge in [0.25, 0.3) is 5.91 Å². The zero-order chi connectivity index (χ0) is 14.7. The van der Waals surface area contributed by atoms with Crippen LogP contribution in [0.15, 0.2) is 24.7 Å². The summed E-state index contributed by atoms with van der Waals surface area (Å²) in [6, 6.07) is 1.86. The average molecular weight is 286 g/mol. The molecular weight excluding hydrogens is 264 g/mol. The Balaban J connectivity index is 1.63. The Hall–Kier alpha value is -2.04. The van der Waals surface area contributed by atoms with Gasteiger partial charge in [0.05, 0.1) is 5.56 Å². The summed E-state index contributed by atoms with van der Waals surface area (Å²) in [5.41, 5.74) is 1.80. The van der Waals surface area contributed by atoms with Gasteiger partial charge in [-0.2, -0.15) is 0 Å². The first-order chi connectivity index (χ1) is 10.3. The maximum atomic E-state index is 12.3. The molecule has 5 nitrogen and oxygen atoms in total. The van der Waals surface area contributed by atoms with Crippen molar-refractivity contribution in [2.24, 2.45) is 0 Å². The summed E-state index contributed by atoms with van der Waals surface area (Å²) in [4.78, 5) is 19.9. The van der Waals surface area contributed by atoms with Crippen LogP contribution >= 0.6 is 0 Å². The number of hydrogen-bond acceptors (Lipinski definition) is 2. The Bertz CT molecular complexity index is 613. The van der Waals surface area contributed by atoms with Crippen molar-refractivity contribution in [1.29, 1.82) is 0 Å². The van der Waals surface area contributed by atoms with Gasteiger partial charge in [0.2, 0.25) is 0 Å². The van der Waals surface area contributed by atoms with Crippen molar-refractivity contribution in [3.8, 4) is 0 Å². The number of imidazole rings is 1. The summed E-state index contributed by atoms with van der Waals surface area (Å²) < 4.78 is 2.19. The van der Waals surface area contributed by atoms with Gasteiger partial charge in [-0.1, -0.05) is 13.3 Å². The molecule has 0 radical (unpaired) electrons. The van der Waals surface area contributed by atoms with E-state index in [1.165, 1.54) is 0 Å². The number of aromatic nitrogens is 3. The highest BCUT2D eigenvalue weighted by Crippen LogP contribution is 2.25. The van der Waals surface area contributed by atoms with Crippen LogP contribution in [0.25, 0.3) is 0 Å². The van der Waals surface area contributed by atoms with E-state index >= 15 is 0 Å². The molecule has 1 atom stereocenters. The van der Waals surface area contributed by atoms with E-state index in [-0.39, 0.29) is 5.91 Å². The highest BCUT2D eigenvalue weighted by molar-refractivity contribution is 5.95. The van der Waals surface area contributed by atoms with Crippen LogP contribution < -0.4 is 5.32 Å². The summed E-state index contributed by atoms with van der Waals surface area (Å²) in [5, 5.41) is 3.07.